The van der Waals surface area contributed by atoms with E-state index in [0.29, 0.717) is 23.5 Å². The zero-order valence-corrected chi connectivity index (χ0v) is 11.2. The fourth-order valence-electron chi connectivity index (χ4n) is 1.26. The predicted octanol–water partition coefficient (Wildman–Crippen LogP) is 3.61. The van der Waals surface area contributed by atoms with Crippen LogP contribution in [-0.2, 0) is 19.1 Å². The first-order valence-corrected chi connectivity index (χ1v) is 6.26. The average Bonchev–Trinajstić information content (AvgIpc) is 2.55. The second-order valence-corrected chi connectivity index (χ2v) is 5.93. The maximum Gasteiger partial charge on any atom is 0.443 e. The first-order chi connectivity index (χ1) is 7.63. The summed E-state index contributed by atoms with van der Waals surface area (Å²) in [7, 11) is 0. The molecule has 0 saturated carbocycles. The molecule has 1 heterocycles. The Balaban J connectivity index is 2.88. The number of hydrogen-bond acceptors (Lipinski definition) is 3. The van der Waals surface area contributed by atoms with Crippen LogP contribution in [0.15, 0.2) is 0 Å². The van der Waals surface area contributed by atoms with Crippen LogP contribution in [0.25, 0.3) is 0 Å². The van der Waals surface area contributed by atoms with Crippen molar-refractivity contribution in [2.75, 3.05) is 0 Å². The van der Waals surface area contributed by atoms with Crippen molar-refractivity contribution in [3.05, 3.63) is 15.6 Å². The molecule has 17 heavy (non-hydrogen) atoms. The third-order valence-corrected chi connectivity index (χ3v) is 3.28. The van der Waals surface area contributed by atoms with E-state index in [-0.39, 0.29) is 5.54 Å². The van der Waals surface area contributed by atoms with Crippen molar-refractivity contribution in [3.8, 4) is 0 Å². The largest absolute Gasteiger partial charge is 0.443 e. The van der Waals surface area contributed by atoms with Crippen LogP contribution in [0.5, 0.6) is 0 Å². The van der Waals surface area contributed by atoms with Crippen molar-refractivity contribution in [1.82, 2.24) is 10.3 Å². The van der Waals surface area contributed by atoms with Crippen LogP contribution < -0.4 is 5.32 Å². The standard InChI is InChI=1S/C11H17F3N2S/c1-5-7-8(6-15-10(2,3)4)17-9(16-7)11(12,13)14/h15H,5-6H2,1-4H3. The smallest absolute Gasteiger partial charge is 0.307 e. The summed E-state index contributed by atoms with van der Waals surface area (Å²) in [5.74, 6) is 0. The maximum absolute atomic E-state index is 12.5. The van der Waals surface area contributed by atoms with Crippen molar-refractivity contribution in [1.29, 1.82) is 0 Å². The molecule has 1 N–H and O–H groups in total. The van der Waals surface area contributed by atoms with Gasteiger partial charge in [0.15, 0.2) is 5.01 Å². The van der Waals surface area contributed by atoms with Gasteiger partial charge in [0.25, 0.3) is 0 Å². The topological polar surface area (TPSA) is 24.9 Å². The van der Waals surface area contributed by atoms with Crippen LogP contribution in [0.3, 0.4) is 0 Å². The number of aromatic nitrogens is 1. The summed E-state index contributed by atoms with van der Waals surface area (Å²) >= 11 is 0.733. The van der Waals surface area contributed by atoms with Gasteiger partial charge in [-0.3, -0.25) is 0 Å². The van der Waals surface area contributed by atoms with Gasteiger partial charge in [-0.1, -0.05) is 6.92 Å². The van der Waals surface area contributed by atoms with Gasteiger partial charge >= 0.3 is 6.18 Å². The number of halogens is 3. The molecule has 2 nitrogen and oxygen atoms in total. The van der Waals surface area contributed by atoms with Crippen LogP contribution in [0.4, 0.5) is 13.2 Å². The summed E-state index contributed by atoms with van der Waals surface area (Å²) in [6.45, 7) is 8.18. The van der Waals surface area contributed by atoms with Gasteiger partial charge in [0, 0.05) is 17.0 Å². The molecule has 98 valence electrons. The molecule has 1 aromatic rings. The van der Waals surface area contributed by atoms with Crippen molar-refractivity contribution in [3.63, 3.8) is 0 Å². The molecule has 0 atom stereocenters. The number of nitrogens with one attached hydrogen (secondary N) is 1. The first-order valence-electron chi connectivity index (χ1n) is 5.44. The molecule has 0 bridgehead atoms. The number of hydrogen-bond donors (Lipinski definition) is 1. The number of nitrogens with zero attached hydrogens (tertiary/aromatic N) is 1. The van der Waals surface area contributed by atoms with Gasteiger partial charge in [-0.2, -0.15) is 13.2 Å². The van der Waals surface area contributed by atoms with E-state index in [2.05, 4.69) is 10.3 Å². The Labute approximate surface area is 103 Å². The zero-order chi connectivity index (χ0) is 13.3. The molecule has 0 spiro atoms. The molecule has 0 saturated heterocycles. The van der Waals surface area contributed by atoms with Crippen molar-refractivity contribution in [2.24, 2.45) is 0 Å². The summed E-state index contributed by atoms with van der Waals surface area (Å²) < 4.78 is 37.6. The van der Waals surface area contributed by atoms with Gasteiger partial charge in [-0.25, -0.2) is 4.98 Å². The molecule has 0 aliphatic carbocycles. The van der Waals surface area contributed by atoms with Gasteiger partial charge < -0.3 is 5.32 Å². The fraction of sp³-hybridized carbons (Fsp3) is 0.727. The summed E-state index contributed by atoms with van der Waals surface area (Å²) in [5.41, 5.74) is 0.423. The quantitative estimate of drug-likeness (QED) is 0.904. The summed E-state index contributed by atoms with van der Waals surface area (Å²) in [6, 6.07) is 0. The molecular weight excluding hydrogens is 249 g/mol. The van der Waals surface area contributed by atoms with Gasteiger partial charge in [0.05, 0.1) is 5.69 Å². The van der Waals surface area contributed by atoms with E-state index in [1.165, 1.54) is 0 Å². The fourth-order valence-corrected chi connectivity index (χ4v) is 2.22. The minimum Gasteiger partial charge on any atom is -0.307 e. The Morgan fingerprint density at radius 1 is 1.24 bits per heavy atom. The van der Waals surface area contributed by atoms with E-state index in [9.17, 15) is 13.2 Å². The SMILES string of the molecule is CCc1nc(C(F)(F)F)sc1CNC(C)(C)C. The average molecular weight is 266 g/mol. The van der Waals surface area contributed by atoms with E-state index < -0.39 is 11.2 Å². The maximum atomic E-state index is 12.5. The van der Waals surface area contributed by atoms with Gasteiger partial charge in [-0.15, -0.1) is 11.3 Å². The molecule has 0 unspecified atom stereocenters. The minimum atomic E-state index is -4.34. The molecule has 0 radical (unpaired) electrons. The highest BCUT2D eigenvalue weighted by Gasteiger charge is 2.35. The second kappa shape index (κ2) is 4.94. The monoisotopic (exact) mass is 266 g/mol. The summed E-state index contributed by atoms with van der Waals surface area (Å²) in [4.78, 5) is 4.33. The van der Waals surface area contributed by atoms with E-state index in [0.717, 1.165) is 11.3 Å². The molecular formula is C11H17F3N2S. The van der Waals surface area contributed by atoms with Crippen molar-refractivity contribution >= 4 is 11.3 Å². The second-order valence-electron chi connectivity index (χ2n) is 4.84. The number of aryl methyl sites for hydroxylation is 1. The van der Waals surface area contributed by atoms with Gasteiger partial charge in [0.1, 0.15) is 0 Å². The molecule has 6 heteroatoms. The first kappa shape index (κ1) is 14.4. The molecule has 0 amide bonds. The van der Waals surface area contributed by atoms with Gasteiger partial charge in [-0.05, 0) is 27.2 Å². The van der Waals surface area contributed by atoms with Crippen LogP contribution in [0.1, 0.15) is 43.3 Å². The summed E-state index contributed by atoms with van der Waals surface area (Å²) in [5, 5.41) is 2.43. The van der Waals surface area contributed by atoms with Crippen LogP contribution in [0.2, 0.25) is 0 Å². The van der Waals surface area contributed by atoms with E-state index >= 15 is 0 Å². The van der Waals surface area contributed by atoms with Crippen molar-refractivity contribution in [2.45, 2.75) is 52.4 Å². The molecule has 0 aromatic carbocycles. The zero-order valence-electron chi connectivity index (χ0n) is 10.4. The predicted molar refractivity (Wildman–Crippen MR) is 63.1 cm³/mol. The lowest BCUT2D eigenvalue weighted by Crippen LogP contribution is -2.35. The van der Waals surface area contributed by atoms with E-state index in [1.807, 2.05) is 27.7 Å². The van der Waals surface area contributed by atoms with E-state index in [1.54, 1.807) is 0 Å². The number of rotatable bonds is 3. The Morgan fingerprint density at radius 2 is 1.82 bits per heavy atom. The third-order valence-electron chi connectivity index (χ3n) is 2.13. The minimum absolute atomic E-state index is 0.118. The Kier molecular flexibility index (Phi) is 4.19. The molecule has 1 rings (SSSR count). The number of thiazole rings is 1. The summed E-state index contributed by atoms with van der Waals surface area (Å²) in [6.07, 6.45) is -3.82. The molecule has 0 fully saturated rings. The van der Waals surface area contributed by atoms with Crippen LogP contribution >= 0.6 is 11.3 Å². The molecule has 0 aliphatic heterocycles. The Morgan fingerprint density at radius 3 is 2.24 bits per heavy atom. The van der Waals surface area contributed by atoms with Crippen LogP contribution in [-0.4, -0.2) is 10.5 Å². The highest BCUT2D eigenvalue weighted by molar-refractivity contribution is 7.11. The number of alkyl halides is 3. The lowest BCUT2D eigenvalue weighted by atomic mass is 10.1. The van der Waals surface area contributed by atoms with E-state index in [4.69, 9.17) is 0 Å². The highest BCUT2D eigenvalue weighted by Crippen LogP contribution is 2.34. The normalized spacial score (nSPS) is 13.1. The lowest BCUT2D eigenvalue weighted by molar-refractivity contribution is -0.137. The Bertz CT molecular complexity index is 377. The van der Waals surface area contributed by atoms with Gasteiger partial charge in [0.2, 0.25) is 0 Å². The highest BCUT2D eigenvalue weighted by atomic mass is 32.1. The van der Waals surface area contributed by atoms with Crippen molar-refractivity contribution < 1.29 is 13.2 Å². The molecule has 1 aromatic heterocycles. The lowest BCUT2D eigenvalue weighted by Gasteiger charge is -2.20. The Hall–Kier alpha value is -0.620. The molecule has 0 aliphatic rings. The van der Waals surface area contributed by atoms with Crippen LogP contribution in [0, 0.1) is 0 Å². The third kappa shape index (κ3) is 4.27.